The maximum Gasteiger partial charge on any atom is 0.0718 e. The Hall–Kier alpha value is -2.07. The second-order valence-electron chi connectivity index (χ2n) is 4.04. The summed E-state index contributed by atoms with van der Waals surface area (Å²) in [4.78, 5) is 12.9. The molecule has 0 atom stereocenters. The van der Waals surface area contributed by atoms with Gasteiger partial charge in [-0.1, -0.05) is 0 Å². The Morgan fingerprint density at radius 3 is 2.05 bits per heavy atom. The maximum absolute atomic E-state index is 4.46. The lowest BCUT2D eigenvalue weighted by Crippen LogP contribution is -1.87. The van der Waals surface area contributed by atoms with Crippen LogP contribution >= 0.6 is 15.9 Å². The van der Waals surface area contributed by atoms with E-state index in [0.29, 0.717) is 0 Å². The SMILES string of the molecule is Brc1ccc(-c2ccc(-c3cccnc3)nc2)nc1. The van der Waals surface area contributed by atoms with Crippen molar-refractivity contribution in [2.75, 3.05) is 0 Å². The standard InChI is InChI=1S/C15H10BrN3/c16-13-4-6-15(19-10-13)12-3-5-14(18-9-12)11-2-1-7-17-8-11/h1-10H. The Morgan fingerprint density at radius 1 is 0.737 bits per heavy atom. The summed E-state index contributed by atoms with van der Waals surface area (Å²) < 4.78 is 0.969. The zero-order valence-corrected chi connectivity index (χ0v) is 11.6. The molecule has 3 nitrogen and oxygen atoms in total. The van der Waals surface area contributed by atoms with Gasteiger partial charge in [0.1, 0.15) is 0 Å². The van der Waals surface area contributed by atoms with E-state index in [1.807, 2.05) is 42.6 Å². The lowest BCUT2D eigenvalue weighted by Gasteiger charge is -2.03. The molecule has 0 unspecified atom stereocenters. The lowest BCUT2D eigenvalue weighted by molar-refractivity contribution is 1.25. The van der Waals surface area contributed by atoms with Crippen molar-refractivity contribution in [3.05, 3.63) is 65.7 Å². The molecule has 4 heteroatoms. The number of hydrogen-bond donors (Lipinski definition) is 0. The number of halogens is 1. The highest BCUT2D eigenvalue weighted by Gasteiger charge is 2.02. The van der Waals surface area contributed by atoms with Crippen LogP contribution in [0.5, 0.6) is 0 Å². The van der Waals surface area contributed by atoms with Gasteiger partial charge in [0.05, 0.1) is 11.4 Å². The molecular weight excluding hydrogens is 302 g/mol. The molecule has 19 heavy (non-hydrogen) atoms. The highest BCUT2D eigenvalue weighted by Crippen LogP contribution is 2.21. The molecule has 0 fully saturated rings. The average molecular weight is 312 g/mol. The second-order valence-corrected chi connectivity index (χ2v) is 4.95. The first kappa shape index (κ1) is 12.0. The van der Waals surface area contributed by atoms with E-state index in [4.69, 9.17) is 0 Å². The molecule has 0 saturated carbocycles. The molecule has 0 spiro atoms. The predicted octanol–water partition coefficient (Wildman–Crippen LogP) is 3.97. The third-order valence-corrected chi connectivity index (χ3v) is 3.21. The molecular formula is C15H10BrN3. The van der Waals surface area contributed by atoms with Crippen LogP contribution in [-0.2, 0) is 0 Å². The van der Waals surface area contributed by atoms with Gasteiger partial charge in [-0.05, 0) is 52.3 Å². The summed E-state index contributed by atoms with van der Waals surface area (Å²) in [5, 5.41) is 0. The van der Waals surface area contributed by atoms with Gasteiger partial charge in [0.25, 0.3) is 0 Å². The van der Waals surface area contributed by atoms with E-state index >= 15 is 0 Å². The number of hydrogen-bond acceptors (Lipinski definition) is 3. The van der Waals surface area contributed by atoms with E-state index < -0.39 is 0 Å². The fourth-order valence-corrected chi connectivity index (χ4v) is 2.01. The normalized spacial score (nSPS) is 10.4. The van der Waals surface area contributed by atoms with Crippen LogP contribution in [0.2, 0.25) is 0 Å². The molecule has 3 rings (SSSR count). The van der Waals surface area contributed by atoms with Gasteiger partial charge < -0.3 is 0 Å². The Labute approximate surface area is 119 Å². The molecule has 0 aliphatic rings. The van der Waals surface area contributed by atoms with E-state index in [0.717, 1.165) is 27.0 Å². The molecule has 0 saturated heterocycles. The summed E-state index contributed by atoms with van der Waals surface area (Å²) in [5.74, 6) is 0. The third-order valence-electron chi connectivity index (χ3n) is 2.74. The van der Waals surface area contributed by atoms with Gasteiger partial charge in [0.15, 0.2) is 0 Å². The zero-order chi connectivity index (χ0) is 13.1. The Morgan fingerprint density at radius 2 is 1.47 bits per heavy atom. The van der Waals surface area contributed by atoms with E-state index in [1.165, 1.54) is 0 Å². The summed E-state index contributed by atoms with van der Waals surface area (Å²) >= 11 is 3.38. The van der Waals surface area contributed by atoms with Crippen molar-refractivity contribution in [3.8, 4) is 22.5 Å². The molecule has 0 aliphatic heterocycles. The minimum absolute atomic E-state index is 0.911. The fourth-order valence-electron chi connectivity index (χ4n) is 1.78. The Kier molecular flexibility index (Phi) is 3.33. The first-order chi connectivity index (χ1) is 9.33. The first-order valence-corrected chi connectivity index (χ1v) is 6.60. The predicted molar refractivity (Wildman–Crippen MR) is 78.4 cm³/mol. The summed E-state index contributed by atoms with van der Waals surface area (Å²) in [6.07, 6.45) is 7.17. The van der Waals surface area contributed by atoms with Crippen LogP contribution in [0.15, 0.2) is 65.7 Å². The molecule has 3 aromatic rings. The van der Waals surface area contributed by atoms with Crippen LogP contribution in [0.1, 0.15) is 0 Å². The van der Waals surface area contributed by atoms with Gasteiger partial charge >= 0.3 is 0 Å². The third kappa shape index (κ3) is 2.69. The van der Waals surface area contributed by atoms with E-state index in [1.54, 1.807) is 18.6 Å². The van der Waals surface area contributed by atoms with Gasteiger partial charge in [0, 0.05) is 40.4 Å². The number of aromatic nitrogens is 3. The molecule has 3 heterocycles. The van der Waals surface area contributed by atoms with Crippen LogP contribution in [0.25, 0.3) is 22.5 Å². The van der Waals surface area contributed by atoms with E-state index in [-0.39, 0.29) is 0 Å². The van der Waals surface area contributed by atoms with Crippen LogP contribution < -0.4 is 0 Å². The van der Waals surface area contributed by atoms with Crippen LogP contribution in [0, 0.1) is 0 Å². The molecule has 0 radical (unpaired) electrons. The van der Waals surface area contributed by atoms with Crippen molar-refractivity contribution in [2.45, 2.75) is 0 Å². The summed E-state index contributed by atoms with van der Waals surface area (Å²) in [7, 11) is 0. The molecule has 92 valence electrons. The molecule has 0 aliphatic carbocycles. The van der Waals surface area contributed by atoms with E-state index in [2.05, 4.69) is 30.9 Å². The smallest absolute Gasteiger partial charge is 0.0718 e. The quantitative estimate of drug-likeness (QED) is 0.719. The van der Waals surface area contributed by atoms with Crippen LogP contribution in [-0.4, -0.2) is 15.0 Å². The average Bonchev–Trinajstić information content (AvgIpc) is 2.49. The maximum atomic E-state index is 4.46. The Balaban J connectivity index is 1.93. The van der Waals surface area contributed by atoms with Crippen molar-refractivity contribution in [1.82, 2.24) is 15.0 Å². The lowest BCUT2D eigenvalue weighted by atomic mass is 10.1. The van der Waals surface area contributed by atoms with Crippen molar-refractivity contribution < 1.29 is 0 Å². The second kappa shape index (κ2) is 5.28. The highest BCUT2D eigenvalue weighted by molar-refractivity contribution is 9.10. The molecule has 3 aromatic heterocycles. The minimum atomic E-state index is 0.911. The van der Waals surface area contributed by atoms with Gasteiger partial charge in [-0.3, -0.25) is 15.0 Å². The van der Waals surface area contributed by atoms with Gasteiger partial charge in [0.2, 0.25) is 0 Å². The van der Waals surface area contributed by atoms with Gasteiger partial charge in [-0.15, -0.1) is 0 Å². The van der Waals surface area contributed by atoms with Crippen molar-refractivity contribution in [2.24, 2.45) is 0 Å². The largest absolute Gasteiger partial charge is 0.264 e. The molecule has 0 amide bonds. The molecule has 0 bridgehead atoms. The monoisotopic (exact) mass is 311 g/mol. The Bertz CT molecular complexity index is 664. The zero-order valence-electron chi connectivity index (χ0n) is 9.99. The van der Waals surface area contributed by atoms with Crippen LogP contribution in [0.3, 0.4) is 0 Å². The van der Waals surface area contributed by atoms with Crippen molar-refractivity contribution >= 4 is 15.9 Å². The van der Waals surface area contributed by atoms with Crippen molar-refractivity contribution in [1.29, 1.82) is 0 Å². The number of nitrogens with zero attached hydrogens (tertiary/aromatic N) is 3. The fraction of sp³-hybridized carbons (Fsp3) is 0. The van der Waals surface area contributed by atoms with Gasteiger partial charge in [-0.2, -0.15) is 0 Å². The van der Waals surface area contributed by atoms with Crippen LogP contribution in [0.4, 0.5) is 0 Å². The van der Waals surface area contributed by atoms with Crippen molar-refractivity contribution in [3.63, 3.8) is 0 Å². The molecule has 0 aromatic carbocycles. The summed E-state index contributed by atoms with van der Waals surface area (Å²) in [6.45, 7) is 0. The summed E-state index contributed by atoms with van der Waals surface area (Å²) in [5.41, 5.74) is 3.83. The highest BCUT2D eigenvalue weighted by atomic mass is 79.9. The minimum Gasteiger partial charge on any atom is -0.264 e. The number of pyridine rings is 3. The first-order valence-electron chi connectivity index (χ1n) is 5.81. The van der Waals surface area contributed by atoms with Gasteiger partial charge in [-0.25, -0.2) is 0 Å². The summed E-state index contributed by atoms with van der Waals surface area (Å²) in [6, 6.07) is 11.8. The van der Waals surface area contributed by atoms with E-state index in [9.17, 15) is 0 Å². The topological polar surface area (TPSA) is 38.7 Å². The number of rotatable bonds is 2. The molecule has 0 N–H and O–H groups in total.